The van der Waals surface area contributed by atoms with Crippen molar-refractivity contribution >= 4 is 5.71 Å². The number of allylic oxidation sites excluding steroid dienone is 3. The minimum atomic E-state index is 0.771. The number of hydrogen-bond acceptors (Lipinski definition) is 3. The predicted molar refractivity (Wildman–Crippen MR) is 93.4 cm³/mol. The van der Waals surface area contributed by atoms with Gasteiger partial charge in [-0.3, -0.25) is 0 Å². The lowest BCUT2D eigenvalue weighted by Gasteiger charge is -2.20. The zero-order chi connectivity index (χ0) is 16.3. The molecule has 2 aliphatic heterocycles. The molecule has 0 bridgehead atoms. The second-order valence-corrected chi connectivity index (χ2v) is 4.08. The van der Waals surface area contributed by atoms with Crippen molar-refractivity contribution in [1.29, 1.82) is 0 Å². The molecule has 0 radical (unpaired) electrons. The zero-order valence-electron chi connectivity index (χ0n) is 14.4. The van der Waals surface area contributed by atoms with Crippen LogP contribution in [0.2, 0.25) is 0 Å². The maximum Gasteiger partial charge on any atom is 0.152 e. The highest BCUT2D eigenvalue weighted by Crippen LogP contribution is 2.26. The van der Waals surface area contributed by atoms with Crippen LogP contribution in [0.4, 0.5) is 0 Å². The fourth-order valence-electron chi connectivity index (χ4n) is 2.05. The first kappa shape index (κ1) is 19.4. The summed E-state index contributed by atoms with van der Waals surface area (Å²) in [6, 6.07) is 0. The predicted octanol–water partition coefficient (Wildman–Crippen LogP) is 4.75. The van der Waals surface area contributed by atoms with Crippen molar-refractivity contribution in [2.24, 2.45) is 4.99 Å². The van der Waals surface area contributed by atoms with Crippen molar-refractivity contribution in [3.63, 3.8) is 0 Å². The molecular formula is C18H30N2O. The fraction of sp³-hybridized carbons (Fsp3) is 0.500. The molecule has 3 nitrogen and oxygen atoms in total. The Morgan fingerprint density at radius 2 is 1.90 bits per heavy atom. The van der Waals surface area contributed by atoms with Gasteiger partial charge in [-0.15, -0.1) is 0 Å². The van der Waals surface area contributed by atoms with Crippen LogP contribution in [0.25, 0.3) is 0 Å². The highest BCUT2D eigenvalue weighted by molar-refractivity contribution is 6.00. The first-order chi connectivity index (χ1) is 10.3. The van der Waals surface area contributed by atoms with Gasteiger partial charge in [-0.05, 0) is 39.0 Å². The Kier molecular flexibility index (Phi) is 10.2. The molecule has 2 heterocycles. The Labute approximate surface area is 130 Å². The summed E-state index contributed by atoms with van der Waals surface area (Å²) in [5.41, 5.74) is 3.06. The minimum Gasteiger partial charge on any atom is -0.458 e. The van der Waals surface area contributed by atoms with E-state index in [-0.39, 0.29) is 0 Å². The van der Waals surface area contributed by atoms with Gasteiger partial charge >= 0.3 is 0 Å². The molecule has 0 fully saturated rings. The van der Waals surface area contributed by atoms with E-state index in [4.69, 9.17) is 4.74 Å². The van der Waals surface area contributed by atoms with Crippen molar-refractivity contribution < 1.29 is 4.74 Å². The summed E-state index contributed by atoms with van der Waals surface area (Å²) >= 11 is 0. The van der Waals surface area contributed by atoms with E-state index in [9.17, 15) is 0 Å². The molecule has 0 saturated carbocycles. The molecule has 0 unspecified atom stereocenters. The van der Waals surface area contributed by atoms with Crippen molar-refractivity contribution in [2.75, 3.05) is 13.1 Å². The number of aliphatic imine (C=N–C) groups is 1. The van der Waals surface area contributed by atoms with Gasteiger partial charge in [0.1, 0.15) is 11.5 Å². The summed E-state index contributed by atoms with van der Waals surface area (Å²) < 4.78 is 5.95. The quantitative estimate of drug-likeness (QED) is 0.796. The first-order valence-electron chi connectivity index (χ1n) is 7.92. The van der Waals surface area contributed by atoms with Gasteiger partial charge in [0.25, 0.3) is 0 Å². The van der Waals surface area contributed by atoms with Gasteiger partial charge in [-0.25, -0.2) is 4.99 Å². The van der Waals surface area contributed by atoms with Crippen LogP contribution in [0.15, 0.2) is 52.6 Å². The molecule has 0 amide bonds. The number of nitrogens with one attached hydrogen (secondary N) is 1. The normalized spacial score (nSPS) is 17.5. The molecule has 0 spiro atoms. The Bertz CT molecular complexity index is 454. The van der Waals surface area contributed by atoms with Crippen LogP contribution in [0.5, 0.6) is 0 Å². The molecule has 0 saturated heterocycles. The molecular weight excluding hydrogens is 260 g/mol. The van der Waals surface area contributed by atoms with E-state index < -0.39 is 0 Å². The summed E-state index contributed by atoms with van der Waals surface area (Å²) in [4.78, 5) is 4.60. The number of rotatable bonds is 2. The zero-order valence-corrected chi connectivity index (χ0v) is 14.4. The molecule has 0 aromatic carbocycles. The lowest BCUT2D eigenvalue weighted by atomic mass is 10.0. The van der Waals surface area contributed by atoms with E-state index in [0.29, 0.717) is 0 Å². The van der Waals surface area contributed by atoms with Crippen LogP contribution in [-0.4, -0.2) is 18.8 Å². The maximum absolute atomic E-state index is 5.95. The number of hydrogen-bond donors (Lipinski definition) is 1. The SMILES string of the molecule is C=CC1=C(/C=C\C)OC2=C(CCNC2)C(C)=N1.CC.CC. The highest BCUT2D eigenvalue weighted by atomic mass is 16.5. The van der Waals surface area contributed by atoms with Gasteiger partial charge < -0.3 is 10.1 Å². The Morgan fingerprint density at radius 1 is 1.24 bits per heavy atom. The van der Waals surface area contributed by atoms with E-state index >= 15 is 0 Å². The summed E-state index contributed by atoms with van der Waals surface area (Å²) in [7, 11) is 0. The molecule has 0 atom stereocenters. The highest BCUT2D eigenvalue weighted by Gasteiger charge is 2.20. The van der Waals surface area contributed by atoms with E-state index in [1.165, 1.54) is 5.57 Å². The summed E-state index contributed by atoms with van der Waals surface area (Å²) in [6.45, 7) is 17.6. The van der Waals surface area contributed by atoms with Gasteiger partial charge in [0.2, 0.25) is 0 Å². The average Bonchev–Trinajstić information content (AvgIpc) is 2.69. The lowest BCUT2D eigenvalue weighted by Crippen LogP contribution is -2.27. The van der Waals surface area contributed by atoms with Crippen LogP contribution in [0, 0.1) is 0 Å². The summed E-state index contributed by atoms with van der Waals surface area (Å²) in [5, 5.41) is 3.32. The number of ether oxygens (including phenoxy) is 1. The smallest absolute Gasteiger partial charge is 0.152 e. The summed E-state index contributed by atoms with van der Waals surface area (Å²) in [6.07, 6.45) is 6.59. The molecule has 1 N–H and O–H groups in total. The van der Waals surface area contributed by atoms with E-state index in [2.05, 4.69) is 16.9 Å². The molecule has 2 rings (SSSR count). The fourth-order valence-corrected chi connectivity index (χ4v) is 2.05. The third-order valence-electron chi connectivity index (χ3n) is 2.90. The molecule has 0 aromatic rings. The van der Waals surface area contributed by atoms with Crippen molar-refractivity contribution in [1.82, 2.24) is 5.32 Å². The van der Waals surface area contributed by atoms with Crippen LogP contribution in [-0.2, 0) is 4.74 Å². The molecule has 3 heteroatoms. The van der Waals surface area contributed by atoms with Gasteiger partial charge in [0.05, 0.1) is 6.54 Å². The monoisotopic (exact) mass is 290 g/mol. The standard InChI is InChI=1S/C14H18N2O.2C2H6/c1-4-6-13-12(5-2)16-10(3)11-7-8-15-9-14(11)17-13;2*1-2/h4-6,15H,2,7-9H2,1,3H3;2*1-2H3/b6-4-;;. The van der Waals surface area contributed by atoms with E-state index in [1.807, 2.05) is 53.7 Å². The van der Waals surface area contributed by atoms with Gasteiger partial charge in [-0.1, -0.05) is 40.3 Å². The van der Waals surface area contributed by atoms with Gasteiger partial charge in [-0.2, -0.15) is 0 Å². The average molecular weight is 290 g/mol. The first-order valence-corrected chi connectivity index (χ1v) is 7.92. The van der Waals surface area contributed by atoms with Crippen LogP contribution in [0.1, 0.15) is 48.0 Å². The van der Waals surface area contributed by atoms with E-state index in [0.717, 1.165) is 42.4 Å². The van der Waals surface area contributed by atoms with Crippen molar-refractivity contribution in [2.45, 2.75) is 48.0 Å². The number of nitrogens with zero attached hydrogens (tertiary/aromatic N) is 1. The Hall–Kier alpha value is -1.61. The Balaban J connectivity index is 0.000000921. The van der Waals surface area contributed by atoms with Crippen LogP contribution in [0.3, 0.4) is 0 Å². The van der Waals surface area contributed by atoms with Gasteiger partial charge in [0, 0.05) is 11.3 Å². The van der Waals surface area contributed by atoms with Crippen molar-refractivity contribution in [3.05, 3.63) is 47.6 Å². The molecule has 21 heavy (non-hydrogen) atoms. The van der Waals surface area contributed by atoms with E-state index in [1.54, 1.807) is 6.08 Å². The lowest BCUT2D eigenvalue weighted by molar-refractivity contribution is 0.294. The summed E-state index contributed by atoms with van der Waals surface area (Å²) in [5.74, 6) is 1.76. The second-order valence-electron chi connectivity index (χ2n) is 4.08. The maximum atomic E-state index is 5.95. The minimum absolute atomic E-state index is 0.771. The van der Waals surface area contributed by atoms with Crippen LogP contribution < -0.4 is 5.32 Å². The third-order valence-corrected chi connectivity index (χ3v) is 2.90. The Morgan fingerprint density at radius 3 is 2.48 bits per heavy atom. The second kappa shape index (κ2) is 11.1. The largest absolute Gasteiger partial charge is 0.458 e. The van der Waals surface area contributed by atoms with Gasteiger partial charge in [0.15, 0.2) is 5.76 Å². The molecule has 0 aliphatic carbocycles. The third kappa shape index (κ3) is 5.35. The molecule has 2 aliphatic rings. The molecule has 0 aromatic heterocycles. The molecule has 118 valence electrons. The van der Waals surface area contributed by atoms with Crippen LogP contribution >= 0.6 is 0 Å². The van der Waals surface area contributed by atoms with Crippen molar-refractivity contribution in [3.8, 4) is 0 Å². The topological polar surface area (TPSA) is 33.6 Å².